The highest BCUT2D eigenvalue weighted by Gasteiger charge is 2.41. The van der Waals surface area contributed by atoms with Crippen LogP contribution < -0.4 is 4.90 Å². The molecule has 1 unspecified atom stereocenters. The van der Waals surface area contributed by atoms with E-state index in [2.05, 4.69) is 9.97 Å². The minimum atomic E-state index is -4.89. The Hall–Kier alpha value is -3.39. The molecule has 0 N–H and O–H groups in total. The van der Waals surface area contributed by atoms with Crippen molar-refractivity contribution in [1.29, 1.82) is 0 Å². The van der Waals surface area contributed by atoms with E-state index in [-0.39, 0.29) is 25.1 Å². The van der Waals surface area contributed by atoms with Gasteiger partial charge in [0.2, 0.25) is 5.95 Å². The van der Waals surface area contributed by atoms with Crippen LogP contribution in [0.4, 0.5) is 19.1 Å². The number of benzene rings is 1. The van der Waals surface area contributed by atoms with E-state index in [4.69, 9.17) is 18.6 Å². The van der Waals surface area contributed by atoms with Crippen LogP contribution in [0.1, 0.15) is 61.2 Å². The maximum Gasteiger partial charge on any atom is 0.434 e. The Morgan fingerprint density at radius 3 is 2.54 bits per heavy atom. The van der Waals surface area contributed by atoms with Crippen LogP contribution in [0, 0.1) is 5.92 Å². The number of esters is 2. The van der Waals surface area contributed by atoms with Crippen molar-refractivity contribution in [2.75, 3.05) is 25.2 Å². The Morgan fingerprint density at radius 2 is 1.92 bits per heavy atom. The molecule has 0 saturated heterocycles. The molecule has 0 fully saturated rings. The molecule has 3 heterocycles. The first-order valence-electron chi connectivity index (χ1n) is 12.2. The quantitative estimate of drug-likeness (QED) is 0.274. The minimum absolute atomic E-state index is 0.0414. The van der Waals surface area contributed by atoms with Crippen LogP contribution in [0.2, 0.25) is 0 Å². The summed E-state index contributed by atoms with van der Waals surface area (Å²) in [5.74, 6) is -1.16. The second kappa shape index (κ2) is 11.4. The molecule has 10 nitrogen and oxygen atoms in total. The normalized spacial score (nSPS) is 15.5. The van der Waals surface area contributed by atoms with Gasteiger partial charge in [0, 0.05) is 48.7 Å². The van der Waals surface area contributed by atoms with Crippen LogP contribution in [0.15, 0.2) is 23.2 Å². The zero-order valence-corrected chi connectivity index (χ0v) is 22.9. The molecule has 3 aromatic rings. The summed E-state index contributed by atoms with van der Waals surface area (Å²) in [5.41, 5.74) is 0.0992. The predicted octanol–water partition coefficient (Wildman–Crippen LogP) is 4.96. The highest BCUT2D eigenvalue weighted by Crippen LogP contribution is 2.39. The molecule has 4 rings (SSSR count). The van der Waals surface area contributed by atoms with Crippen molar-refractivity contribution in [2.24, 2.45) is 5.92 Å². The van der Waals surface area contributed by atoms with Gasteiger partial charge in [0.1, 0.15) is 18.0 Å². The van der Waals surface area contributed by atoms with E-state index < -0.39 is 35.4 Å². The van der Waals surface area contributed by atoms with E-state index in [1.807, 2.05) is 30.5 Å². The lowest BCUT2D eigenvalue weighted by Gasteiger charge is -2.38. The number of hydrogen-bond donors (Lipinski definition) is 0. The largest absolute Gasteiger partial charge is 0.462 e. The Bertz CT molecular complexity index is 1390. The molecule has 1 aliphatic heterocycles. The molecule has 14 heteroatoms. The molecular formula is C25H28F3N5O5S. The molecule has 2 aromatic heterocycles. The van der Waals surface area contributed by atoms with Crippen LogP contribution in [0.25, 0.3) is 11.0 Å². The lowest BCUT2D eigenvalue weighted by Crippen LogP contribution is -2.42. The smallest absolute Gasteiger partial charge is 0.434 e. The number of alkyl halides is 3. The number of halogens is 3. The van der Waals surface area contributed by atoms with Crippen molar-refractivity contribution in [3.63, 3.8) is 0 Å². The summed E-state index contributed by atoms with van der Waals surface area (Å²) in [6, 6.07) is 3.26. The molecule has 0 bridgehead atoms. The van der Waals surface area contributed by atoms with Crippen LogP contribution in [0.3, 0.4) is 0 Å². The summed E-state index contributed by atoms with van der Waals surface area (Å²) in [7, 11) is 1.53. The van der Waals surface area contributed by atoms with E-state index in [0.29, 0.717) is 30.0 Å². The molecule has 0 saturated carbocycles. The van der Waals surface area contributed by atoms with Crippen molar-refractivity contribution >= 4 is 41.0 Å². The van der Waals surface area contributed by atoms with Crippen LogP contribution >= 0.6 is 12.0 Å². The third kappa shape index (κ3) is 5.81. The molecule has 1 aromatic carbocycles. The maximum absolute atomic E-state index is 13.9. The number of carbonyl (C=O) groups is 2. The number of nitrogens with zero attached hydrogens (tertiary/aromatic N) is 5. The molecular weight excluding hydrogens is 539 g/mol. The molecule has 0 spiro atoms. The lowest BCUT2D eigenvalue weighted by atomic mass is 10.00. The number of rotatable bonds is 8. The fraction of sp³-hybridized carbons (Fsp3) is 0.480. The predicted molar refractivity (Wildman–Crippen MR) is 136 cm³/mol. The average molecular weight is 568 g/mol. The van der Waals surface area contributed by atoms with Gasteiger partial charge in [-0.25, -0.2) is 19.7 Å². The third-order valence-electron chi connectivity index (χ3n) is 6.16. The van der Waals surface area contributed by atoms with Crippen molar-refractivity contribution in [3.05, 3.63) is 41.0 Å². The fourth-order valence-corrected chi connectivity index (χ4v) is 5.15. The van der Waals surface area contributed by atoms with Gasteiger partial charge in [0.05, 0.1) is 30.8 Å². The lowest BCUT2D eigenvalue weighted by molar-refractivity contribution is -0.142. The number of anilines is 1. The Kier molecular flexibility index (Phi) is 8.35. The molecule has 1 aliphatic rings. The highest BCUT2D eigenvalue weighted by molar-refractivity contribution is 7.94. The van der Waals surface area contributed by atoms with Gasteiger partial charge in [-0.15, -0.1) is 0 Å². The van der Waals surface area contributed by atoms with Gasteiger partial charge in [0.25, 0.3) is 0 Å². The Labute approximate surface area is 227 Å². The molecule has 0 aliphatic carbocycles. The van der Waals surface area contributed by atoms with Gasteiger partial charge in [-0.1, -0.05) is 13.8 Å². The van der Waals surface area contributed by atoms with Gasteiger partial charge in [-0.3, -0.25) is 4.79 Å². The summed E-state index contributed by atoms with van der Waals surface area (Å²) in [6.07, 6.45) is -4.02. The molecule has 39 heavy (non-hydrogen) atoms. The molecule has 210 valence electrons. The van der Waals surface area contributed by atoms with Crippen LogP contribution in [-0.4, -0.2) is 51.7 Å². The zero-order valence-electron chi connectivity index (χ0n) is 22.0. The summed E-state index contributed by atoms with van der Waals surface area (Å²) in [6.45, 7) is 7.36. The first kappa shape index (κ1) is 28.6. The van der Waals surface area contributed by atoms with Crippen molar-refractivity contribution in [3.8, 4) is 0 Å². The van der Waals surface area contributed by atoms with Crippen LogP contribution in [0.5, 0.6) is 0 Å². The first-order valence-corrected chi connectivity index (χ1v) is 12.9. The van der Waals surface area contributed by atoms with Gasteiger partial charge in [-0.2, -0.15) is 13.2 Å². The number of carbonyl (C=O) groups excluding carboxylic acids is 2. The van der Waals surface area contributed by atoms with Gasteiger partial charge in [0.15, 0.2) is 5.69 Å². The second-order valence-electron chi connectivity index (χ2n) is 9.13. The van der Waals surface area contributed by atoms with Crippen molar-refractivity contribution in [1.82, 2.24) is 19.5 Å². The Morgan fingerprint density at radius 1 is 1.18 bits per heavy atom. The van der Waals surface area contributed by atoms with Gasteiger partial charge in [-0.05, 0) is 25.0 Å². The highest BCUT2D eigenvalue weighted by atomic mass is 32.2. The standard InChI is InChI=1S/C25H28F3N5O5S/c1-6-37-23(35)16-11-29-24(31-21(16)25(26,27)28)33-8-7-32-18-10-19(39-36-5)15(12-38-14(4)34)9-17(18)30-22(32)20(33)13(2)3/h9-11,13,20H,6-8,12H2,1-5H3. The van der Waals surface area contributed by atoms with Gasteiger partial charge < -0.3 is 23.1 Å². The zero-order chi connectivity index (χ0) is 28.5. The first-order chi connectivity index (χ1) is 18.5. The third-order valence-corrected chi connectivity index (χ3v) is 6.88. The van der Waals surface area contributed by atoms with E-state index in [1.165, 1.54) is 21.0 Å². The topological polar surface area (TPSA) is 109 Å². The molecule has 0 amide bonds. The maximum atomic E-state index is 13.9. The van der Waals surface area contributed by atoms with E-state index in [0.717, 1.165) is 28.7 Å². The monoisotopic (exact) mass is 567 g/mol. The van der Waals surface area contributed by atoms with E-state index in [1.54, 1.807) is 4.90 Å². The van der Waals surface area contributed by atoms with Crippen molar-refractivity contribution < 1.29 is 36.4 Å². The van der Waals surface area contributed by atoms with Gasteiger partial charge >= 0.3 is 18.1 Å². The number of fused-ring (bicyclic) bond motifs is 3. The number of aromatic nitrogens is 4. The summed E-state index contributed by atoms with van der Waals surface area (Å²) >= 11 is 1.13. The average Bonchev–Trinajstić information content (AvgIpc) is 3.23. The SMILES string of the molecule is CCOC(=O)c1cnc(N2CCn3c(nc4cc(COC(C)=O)c(SOC)cc43)C2C(C)C)nc1C(F)(F)F. The summed E-state index contributed by atoms with van der Waals surface area (Å²) in [5, 5.41) is 0. The number of hydrogen-bond acceptors (Lipinski definition) is 10. The summed E-state index contributed by atoms with van der Waals surface area (Å²) in [4.78, 5) is 38.8. The van der Waals surface area contributed by atoms with E-state index in [9.17, 15) is 22.8 Å². The second-order valence-corrected chi connectivity index (χ2v) is 10.1. The minimum Gasteiger partial charge on any atom is -0.462 e. The van der Waals surface area contributed by atoms with Crippen molar-refractivity contribution in [2.45, 2.75) is 58.0 Å². The van der Waals surface area contributed by atoms with E-state index >= 15 is 0 Å². The van der Waals surface area contributed by atoms with Crippen LogP contribution in [-0.2, 0) is 37.8 Å². The Balaban J connectivity index is 1.80. The molecule has 1 atom stereocenters. The number of imidazole rings is 1. The summed E-state index contributed by atoms with van der Waals surface area (Å²) < 4.78 is 58.9. The molecule has 0 radical (unpaired) electrons. The number of ether oxygens (including phenoxy) is 2. The fourth-order valence-electron chi connectivity index (χ4n) is 4.59.